The van der Waals surface area contributed by atoms with Crippen molar-refractivity contribution >= 4 is 24.1 Å². The summed E-state index contributed by atoms with van der Waals surface area (Å²) in [6.45, 7) is 4.72. The molecular weight excluding hydrogens is 474 g/mol. The summed E-state index contributed by atoms with van der Waals surface area (Å²) in [5.41, 5.74) is 2.78. The summed E-state index contributed by atoms with van der Waals surface area (Å²) < 4.78 is 21.9. The Labute approximate surface area is 211 Å². The molecule has 9 nitrogen and oxygen atoms in total. The number of aromatic nitrogens is 1. The highest BCUT2D eigenvalue weighted by Crippen LogP contribution is 2.43. The maximum absolute atomic E-state index is 12.7. The highest BCUT2D eigenvalue weighted by molar-refractivity contribution is 5.91. The van der Waals surface area contributed by atoms with Crippen LogP contribution in [0, 0.1) is 5.92 Å². The van der Waals surface area contributed by atoms with E-state index in [1.54, 1.807) is 45.7 Å². The van der Waals surface area contributed by atoms with E-state index in [1.165, 1.54) is 12.2 Å². The fourth-order valence-corrected chi connectivity index (χ4v) is 3.45. The van der Waals surface area contributed by atoms with Crippen molar-refractivity contribution in [3.05, 3.63) is 42.6 Å². The number of hydrogen-bond acceptors (Lipinski definition) is 7. The molecule has 1 heterocycles. The van der Waals surface area contributed by atoms with Crippen LogP contribution >= 0.6 is 12.4 Å². The van der Waals surface area contributed by atoms with Crippen molar-refractivity contribution in [3.8, 4) is 39.7 Å². The molecular formula is C25H32ClN3O6. The number of halogens is 1. The van der Waals surface area contributed by atoms with E-state index in [1.807, 2.05) is 18.2 Å². The van der Waals surface area contributed by atoms with Crippen LogP contribution in [0.25, 0.3) is 22.5 Å². The number of nitrogens with zero attached hydrogens (tertiary/aromatic N) is 2. The molecule has 1 atom stereocenters. The average molecular weight is 506 g/mol. The van der Waals surface area contributed by atoms with E-state index in [0.717, 1.165) is 17.5 Å². The van der Waals surface area contributed by atoms with Crippen molar-refractivity contribution in [3.63, 3.8) is 0 Å². The topological polar surface area (TPSA) is 95.3 Å². The van der Waals surface area contributed by atoms with E-state index in [9.17, 15) is 4.79 Å². The van der Waals surface area contributed by atoms with Gasteiger partial charge in [0.05, 0.1) is 40.3 Å². The zero-order chi connectivity index (χ0) is 24.7. The highest BCUT2D eigenvalue weighted by atomic mass is 35.5. The first-order valence-electron chi connectivity index (χ1n) is 10.9. The summed E-state index contributed by atoms with van der Waals surface area (Å²) in [5.74, 6) is 2.36. The van der Waals surface area contributed by atoms with Crippen molar-refractivity contribution in [2.75, 3.05) is 40.0 Å². The fraction of sp³-hybridized carbons (Fsp3) is 0.360. The van der Waals surface area contributed by atoms with Gasteiger partial charge in [-0.05, 0) is 35.7 Å². The molecule has 35 heavy (non-hydrogen) atoms. The van der Waals surface area contributed by atoms with E-state index in [2.05, 4.69) is 24.3 Å². The maximum Gasteiger partial charge on any atom is 0.346 e. The second-order valence-corrected chi connectivity index (χ2v) is 7.71. The van der Waals surface area contributed by atoms with Crippen molar-refractivity contribution in [1.82, 2.24) is 10.5 Å². The lowest BCUT2D eigenvalue weighted by molar-refractivity contribution is 0.162. The molecule has 0 fully saturated rings. The first-order chi connectivity index (χ1) is 16.5. The molecule has 0 aliphatic rings. The third-order valence-electron chi connectivity index (χ3n) is 5.55. The van der Waals surface area contributed by atoms with Crippen LogP contribution in [0.2, 0.25) is 0 Å². The summed E-state index contributed by atoms with van der Waals surface area (Å²) >= 11 is 0. The van der Waals surface area contributed by atoms with Gasteiger partial charge < -0.3 is 24.1 Å². The number of methoxy groups -OCH3 is 3. The van der Waals surface area contributed by atoms with Crippen LogP contribution in [-0.4, -0.2) is 46.2 Å². The van der Waals surface area contributed by atoms with Gasteiger partial charge in [0, 0.05) is 17.7 Å². The SMILES string of the molecule is CCC(C)CNC(=O)N(OC)c1cccc(-c2cnoc2-c2cc(OC)c(OC)c(OC)c2)c1.Cl. The fourth-order valence-electron chi connectivity index (χ4n) is 3.45. The van der Waals surface area contributed by atoms with Crippen molar-refractivity contribution in [2.45, 2.75) is 20.3 Å². The Hall–Kier alpha value is -3.43. The molecule has 0 saturated heterocycles. The molecule has 1 aromatic heterocycles. The van der Waals surface area contributed by atoms with Gasteiger partial charge in [-0.3, -0.25) is 4.84 Å². The highest BCUT2D eigenvalue weighted by Gasteiger charge is 2.21. The second kappa shape index (κ2) is 12.9. The zero-order valence-corrected chi connectivity index (χ0v) is 21.6. The van der Waals surface area contributed by atoms with Gasteiger partial charge >= 0.3 is 6.03 Å². The van der Waals surface area contributed by atoms with Crippen LogP contribution in [0.5, 0.6) is 17.2 Å². The minimum absolute atomic E-state index is 0. The van der Waals surface area contributed by atoms with Gasteiger partial charge in [-0.2, -0.15) is 5.06 Å². The first kappa shape index (κ1) is 27.8. The number of anilines is 1. The summed E-state index contributed by atoms with van der Waals surface area (Å²) in [7, 11) is 6.11. The summed E-state index contributed by atoms with van der Waals surface area (Å²) in [4.78, 5) is 18.1. The number of carbonyl (C=O) groups excluding carboxylic acids is 1. The summed E-state index contributed by atoms with van der Waals surface area (Å²) in [6, 6.07) is 10.6. The molecule has 0 aliphatic carbocycles. The Balaban J connectivity index is 0.00000432. The number of nitrogens with one attached hydrogen (secondary N) is 1. The second-order valence-electron chi connectivity index (χ2n) is 7.71. The van der Waals surface area contributed by atoms with Crippen molar-refractivity contribution in [1.29, 1.82) is 0 Å². The smallest absolute Gasteiger partial charge is 0.346 e. The molecule has 1 unspecified atom stereocenters. The molecule has 3 aromatic rings. The van der Waals surface area contributed by atoms with E-state index >= 15 is 0 Å². The molecule has 3 rings (SSSR count). The lowest BCUT2D eigenvalue weighted by Crippen LogP contribution is -2.41. The maximum atomic E-state index is 12.7. The van der Waals surface area contributed by atoms with E-state index in [0.29, 0.717) is 46.7 Å². The van der Waals surface area contributed by atoms with Crippen LogP contribution in [0.15, 0.2) is 47.1 Å². The lowest BCUT2D eigenvalue weighted by Gasteiger charge is -2.21. The van der Waals surface area contributed by atoms with Crippen LogP contribution in [0.3, 0.4) is 0 Å². The molecule has 0 aliphatic heterocycles. The minimum Gasteiger partial charge on any atom is -0.493 e. The number of urea groups is 1. The molecule has 0 bridgehead atoms. The third-order valence-corrected chi connectivity index (χ3v) is 5.55. The minimum atomic E-state index is -0.338. The number of amides is 2. The van der Waals surface area contributed by atoms with Crippen molar-refractivity contribution in [2.24, 2.45) is 5.92 Å². The Morgan fingerprint density at radius 1 is 1.06 bits per heavy atom. The molecule has 10 heteroatoms. The monoisotopic (exact) mass is 505 g/mol. The molecule has 190 valence electrons. The van der Waals surface area contributed by atoms with Gasteiger partial charge in [0.1, 0.15) is 0 Å². The van der Waals surface area contributed by atoms with Gasteiger partial charge in [0.25, 0.3) is 0 Å². The molecule has 0 radical (unpaired) electrons. The molecule has 0 saturated carbocycles. The molecule has 2 aromatic carbocycles. The Kier molecular flexibility index (Phi) is 10.2. The van der Waals surface area contributed by atoms with Crippen LogP contribution < -0.4 is 24.6 Å². The number of benzene rings is 2. The van der Waals surface area contributed by atoms with Gasteiger partial charge in [-0.1, -0.05) is 37.6 Å². The normalized spacial score (nSPS) is 11.3. The number of hydroxylamine groups is 1. The predicted molar refractivity (Wildman–Crippen MR) is 137 cm³/mol. The van der Waals surface area contributed by atoms with Gasteiger partial charge in [0.15, 0.2) is 17.3 Å². The molecule has 0 spiro atoms. The largest absolute Gasteiger partial charge is 0.493 e. The number of hydrogen-bond donors (Lipinski definition) is 1. The molecule has 2 amide bonds. The predicted octanol–water partition coefficient (Wildman–Crippen LogP) is 5.58. The van der Waals surface area contributed by atoms with Crippen LogP contribution in [-0.2, 0) is 4.84 Å². The Bertz CT molecular complexity index is 1100. The first-order valence-corrected chi connectivity index (χ1v) is 10.9. The Morgan fingerprint density at radius 2 is 1.74 bits per heavy atom. The van der Waals surface area contributed by atoms with Gasteiger partial charge in [0.2, 0.25) is 5.75 Å². The lowest BCUT2D eigenvalue weighted by atomic mass is 10.0. The number of carbonyl (C=O) groups is 1. The van der Waals surface area contributed by atoms with Crippen LogP contribution in [0.1, 0.15) is 20.3 Å². The zero-order valence-electron chi connectivity index (χ0n) is 20.8. The van der Waals surface area contributed by atoms with Gasteiger partial charge in [-0.15, -0.1) is 12.4 Å². The number of ether oxygens (including phenoxy) is 3. The third kappa shape index (κ3) is 6.17. The van der Waals surface area contributed by atoms with Gasteiger partial charge in [-0.25, -0.2) is 4.79 Å². The van der Waals surface area contributed by atoms with Crippen molar-refractivity contribution < 1.29 is 28.4 Å². The number of rotatable bonds is 10. The van der Waals surface area contributed by atoms with E-state index in [-0.39, 0.29) is 18.4 Å². The Morgan fingerprint density at radius 3 is 2.31 bits per heavy atom. The standard InChI is InChI=1S/C25H31N3O6.ClH/c1-7-16(2)14-26-25(29)28(33-6)19-10-8-9-17(11-19)20-15-27-34-23(20)18-12-21(30-3)24(32-5)22(13-18)31-4;/h8-13,15-16H,7,14H2,1-6H3,(H,26,29);1H. The summed E-state index contributed by atoms with van der Waals surface area (Å²) in [5, 5.41) is 8.13. The van der Waals surface area contributed by atoms with Crippen LogP contribution in [0.4, 0.5) is 10.5 Å². The van der Waals surface area contributed by atoms with E-state index < -0.39 is 0 Å². The summed E-state index contributed by atoms with van der Waals surface area (Å²) in [6.07, 6.45) is 2.59. The quantitative estimate of drug-likeness (QED) is 0.359. The van der Waals surface area contributed by atoms with E-state index in [4.69, 9.17) is 23.6 Å². The average Bonchev–Trinajstić information content (AvgIpc) is 3.37. The molecule has 1 N–H and O–H groups in total.